The van der Waals surface area contributed by atoms with Gasteiger partial charge in [-0.1, -0.05) is 112 Å². The van der Waals surface area contributed by atoms with E-state index in [1.54, 1.807) is 26.2 Å². The van der Waals surface area contributed by atoms with E-state index in [9.17, 15) is 70.6 Å². The highest BCUT2D eigenvalue weighted by Gasteiger charge is 2.52. The van der Waals surface area contributed by atoms with E-state index in [1.165, 1.54) is 55.6 Å². The zero-order chi connectivity index (χ0) is 91.1. The van der Waals surface area contributed by atoms with Crippen LogP contribution in [0, 0.1) is 5.92 Å². The van der Waals surface area contributed by atoms with E-state index in [4.69, 9.17) is 56.4 Å². The Kier molecular flexibility index (Phi) is 29.7. The van der Waals surface area contributed by atoms with Crippen LogP contribution in [0.3, 0.4) is 0 Å². The number of halogens is 2. The van der Waals surface area contributed by atoms with Gasteiger partial charge in [0.15, 0.2) is 17.6 Å². The monoisotopic (exact) mass is 1800 g/mol. The van der Waals surface area contributed by atoms with Gasteiger partial charge in [-0.05, 0) is 153 Å². The van der Waals surface area contributed by atoms with Crippen molar-refractivity contribution in [3.8, 4) is 74.4 Å². The third-order valence-corrected chi connectivity index (χ3v) is 23.3. The maximum atomic E-state index is 16.8. The lowest BCUT2D eigenvalue weighted by molar-refractivity contribution is -0.277. The van der Waals surface area contributed by atoms with Crippen molar-refractivity contribution in [2.45, 2.75) is 188 Å². The number of likely N-dealkylation sites (N-methyl/N-ethyl adjacent to an activating group) is 1. The molecule has 8 aliphatic heterocycles. The highest BCUT2D eigenvalue weighted by molar-refractivity contribution is 6.33. The average molecular weight is 1800 g/mol. The number of fused-ring (bicyclic) bond motifs is 14. The quantitative estimate of drug-likeness (QED) is 0.0416. The number of unbranched alkanes of at least 4 members (excludes halogenated alkanes) is 5. The molecule has 15 rings (SSSR count). The number of phenolic OH excluding ortho intramolecular Hbond substituents is 3. The summed E-state index contributed by atoms with van der Waals surface area (Å²) in [5, 5.41) is 150. The Morgan fingerprint density at radius 3 is 1.96 bits per heavy atom. The van der Waals surface area contributed by atoms with Crippen LogP contribution >= 0.6 is 23.2 Å². The van der Waals surface area contributed by atoms with Gasteiger partial charge < -0.3 is 142 Å². The number of amides is 8. The van der Waals surface area contributed by atoms with E-state index < -0.39 is 259 Å². The second-order valence-electron chi connectivity index (χ2n) is 32.5. The van der Waals surface area contributed by atoms with Crippen LogP contribution in [-0.2, 0) is 59.0 Å². The van der Waals surface area contributed by atoms with Gasteiger partial charge in [0, 0.05) is 48.2 Å². The molecule has 7 aromatic carbocycles. The predicted molar refractivity (Wildman–Crippen MR) is 450 cm³/mol. The lowest BCUT2D eigenvalue weighted by Gasteiger charge is -2.41. The first kappa shape index (κ1) is 93.0. The summed E-state index contributed by atoms with van der Waals surface area (Å²) < 4.78 is 44.6. The average Bonchev–Trinajstić information content (AvgIpc) is 0.756. The molecule has 0 saturated carbocycles. The molecule has 2 fully saturated rings. The van der Waals surface area contributed by atoms with Gasteiger partial charge in [0.1, 0.15) is 137 Å². The molecule has 127 heavy (non-hydrogen) atoms. The molecule has 8 aliphatic rings. The van der Waals surface area contributed by atoms with Crippen LogP contribution in [0.1, 0.15) is 147 Å². The molecule has 678 valence electrons. The summed E-state index contributed by atoms with van der Waals surface area (Å²) in [5.74, 6) is -16.0. The number of ether oxygens (including phenoxy) is 7. The highest BCUT2D eigenvalue weighted by atomic mass is 35.5. The van der Waals surface area contributed by atoms with Gasteiger partial charge in [-0.15, -0.1) is 0 Å². The number of benzene rings is 7. The number of carboxylic acid groups (broad SMARTS) is 1. The Morgan fingerprint density at radius 2 is 1.26 bits per heavy atom. The summed E-state index contributed by atoms with van der Waals surface area (Å²) in [6.45, 7) is 3.64. The first-order chi connectivity index (χ1) is 60.6. The van der Waals surface area contributed by atoms with Crippen LogP contribution in [0.15, 0.2) is 121 Å². The van der Waals surface area contributed by atoms with Crippen molar-refractivity contribution in [1.29, 1.82) is 0 Å². The number of aromatic hydroxyl groups is 3. The van der Waals surface area contributed by atoms with Crippen molar-refractivity contribution in [1.82, 2.24) is 52.8 Å². The molecule has 8 heterocycles. The number of nitrogens with one attached hydrogen (secondary N) is 9. The molecule has 0 aromatic heterocycles. The van der Waals surface area contributed by atoms with Crippen LogP contribution in [-0.4, -0.2) is 229 Å². The third-order valence-electron chi connectivity index (χ3n) is 22.6. The molecule has 20 N–H and O–H groups in total. The molecule has 8 amide bonds. The number of phenols is 3. The lowest BCUT2D eigenvalue weighted by Crippen LogP contribution is -2.66. The number of aliphatic hydroxyl groups is 7. The number of aliphatic hydroxyl groups excluding tert-OH is 7. The van der Waals surface area contributed by atoms with E-state index in [-0.39, 0.29) is 42.2 Å². The Bertz CT molecular complexity index is 5280. The van der Waals surface area contributed by atoms with Gasteiger partial charge in [-0.3, -0.25) is 38.4 Å². The minimum absolute atomic E-state index is 0.0865. The fourth-order valence-electron chi connectivity index (χ4n) is 15.9. The minimum Gasteiger partial charge on any atom is -0.508 e. The molecule has 37 nitrogen and oxygen atoms in total. The number of aliphatic carboxylic acids is 1. The summed E-state index contributed by atoms with van der Waals surface area (Å²) in [5.41, 5.74) is -2.32. The van der Waals surface area contributed by atoms with Crippen LogP contribution in [0.2, 0.25) is 10.0 Å². The molecule has 18 atom stereocenters. The molecule has 0 spiro atoms. The second-order valence-corrected chi connectivity index (χ2v) is 33.3. The largest absolute Gasteiger partial charge is 0.508 e. The van der Waals surface area contributed by atoms with Crippen molar-refractivity contribution < 1.29 is 132 Å². The maximum Gasteiger partial charge on any atom is 0.335 e. The van der Waals surface area contributed by atoms with Crippen molar-refractivity contribution in [2.75, 3.05) is 40.8 Å². The highest BCUT2D eigenvalue weighted by Crippen LogP contribution is 2.50. The predicted octanol–water partition coefficient (Wildman–Crippen LogP) is 4.46. The number of carbonyl (C=O) groups is 9. The van der Waals surface area contributed by atoms with Crippen LogP contribution < -0.4 is 71.5 Å². The van der Waals surface area contributed by atoms with Gasteiger partial charge in [0.25, 0.3) is 0 Å². The minimum atomic E-state index is -2.42. The van der Waals surface area contributed by atoms with Crippen LogP contribution in [0.4, 0.5) is 0 Å². The summed E-state index contributed by atoms with van der Waals surface area (Å²) in [6.07, 6.45) is -15.6. The van der Waals surface area contributed by atoms with E-state index in [2.05, 4.69) is 61.7 Å². The first-order valence-electron chi connectivity index (χ1n) is 41.4. The first-order valence-corrected chi connectivity index (χ1v) is 42.1. The fourth-order valence-corrected chi connectivity index (χ4v) is 16.3. The standard InChI is InChI=1S/C88H100Cl2N10O27/c1-39(2)14-10-8-6-7-9-11-17-61(105)94-70-73(108)75(110)78(86(119)120)127-87(70)126-77-58-32-44-33-59(77)123-56-25-21-43(31-52(56)89)71(106)69-85(118)98-67(80(113)92-26-13-27-100(4)5)50-34-45(102)35-57(124-88-76(111)74(109)72(107)60(38-101)125-88)62(50)49-30-42(20-24-54(49)103)65(82(115)99-69)95-83(116)66(44)96-84(117)68-51-36-48(37-55(104)63(51)90)121-47-16-12-15-41(29-47)64(91-3)81(114)93-53(79(112)97-68)28-40-18-22-46(122-58)23-19-40/h12,15-16,18-25,29-37,39,53,60,64-76,78,87-88,91,101-104,106-111H,6-11,13-14,17,26-28,38H2,1-5H3,(H,92,113)(H,93,114)(H,94,105)(H,95,116)(H,96,117)(H,97,112)(H,98,118)(H,99,115)(H,119,120)/t53-,60-,64-,65-,66-,67+,68+,69+,70+,71-,72-,73-,74+,75-,76-,78+,87+,88+/m1/s1. The number of nitrogens with zero attached hydrogens (tertiary/aromatic N) is 1. The van der Waals surface area contributed by atoms with Gasteiger partial charge in [0.2, 0.25) is 65.6 Å². The molecule has 0 radical (unpaired) electrons. The molecular formula is C88H100Cl2N10O27. The second kappa shape index (κ2) is 40.5. The number of rotatable bonds is 22. The number of carbonyl (C=O) groups excluding carboxylic acids is 8. The smallest absolute Gasteiger partial charge is 0.335 e. The summed E-state index contributed by atoms with van der Waals surface area (Å²) in [4.78, 5) is 140. The molecule has 17 bridgehead atoms. The van der Waals surface area contributed by atoms with E-state index >= 15 is 28.8 Å². The maximum absolute atomic E-state index is 16.8. The molecule has 0 unspecified atom stereocenters. The van der Waals surface area contributed by atoms with Gasteiger partial charge >= 0.3 is 5.97 Å². The number of hydrogen-bond acceptors (Lipinski definition) is 28. The van der Waals surface area contributed by atoms with E-state index in [0.29, 0.717) is 42.9 Å². The molecule has 0 aliphatic carbocycles. The summed E-state index contributed by atoms with van der Waals surface area (Å²) in [6, 6.07) is 8.74. The zero-order valence-electron chi connectivity index (χ0n) is 69.4. The Morgan fingerprint density at radius 1 is 0.575 bits per heavy atom. The van der Waals surface area contributed by atoms with Crippen LogP contribution in [0.25, 0.3) is 11.1 Å². The van der Waals surface area contributed by atoms with Gasteiger partial charge in [0.05, 0.1) is 16.7 Å². The summed E-state index contributed by atoms with van der Waals surface area (Å²) >= 11 is 14.3. The zero-order valence-corrected chi connectivity index (χ0v) is 70.9. The molecule has 7 aromatic rings. The Labute approximate surface area is 737 Å². The molecular weight excluding hydrogens is 1700 g/mol. The van der Waals surface area contributed by atoms with Crippen LogP contribution in [0.5, 0.6) is 63.2 Å². The topological polar surface area (TPSA) is 552 Å². The van der Waals surface area contributed by atoms with Gasteiger partial charge in [-0.25, -0.2) is 4.79 Å². The Balaban J connectivity index is 1.04. The number of hydrogen-bond donors (Lipinski definition) is 20. The SMILES string of the molecule is CN[C@H]1C(=O)N[C@@H]2Cc3ccc(cc3)Oc3cc4cc(c3O[C@H]3O[C@H](C(=O)O)[C@H](O)[C@H](O)[C@@H]3NC(=O)CCCCCCCCC(C)C)Oc3ccc(cc3Cl)[C@@H](O)[C@@H]3NC(=O)[C@H](NC(=O)[C@@H]4NC(=O)[C@@H](NC2=O)c2cc(cc(O)c2Cl)Oc2cccc1c2)c1ccc(O)c(c1)-c1c(O[C@H]2O[C@H](CO)[C@@H](O)[C@H](O)[C@H]2O)cc(O)cc1[C@@H](C(=O)NCCCN(C)C)NC3=O. The molecule has 39 heteroatoms. The third kappa shape index (κ3) is 21.3. The van der Waals surface area contributed by atoms with E-state index in [1.807, 2.05) is 4.90 Å². The van der Waals surface area contributed by atoms with E-state index in [0.717, 1.165) is 92.8 Å². The molecule has 2 saturated heterocycles. The van der Waals surface area contributed by atoms with Crippen molar-refractivity contribution >= 4 is 76.4 Å². The van der Waals surface area contributed by atoms with Crippen molar-refractivity contribution in [3.05, 3.63) is 170 Å². The normalized spacial score (nSPS) is 26.0. The van der Waals surface area contributed by atoms with Crippen molar-refractivity contribution in [3.63, 3.8) is 0 Å². The number of carboxylic acids is 1. The Hall–Kier alpha value is -11.7. The lowest BCUT2D eigenvalue weighted by atomic mass is 9.89. The fraction of sp³-hybridized carbons (Fsp3) is 0.420. The van der Waals surface area contributed by atoms with Gasteiger partial charge in [-0.2, -0.15) is 0 Å². The van der Waals surface area contributed by atoms with Crippen molar-refractivity contribution in [2.24, 2.45) is 5.92 Å². The summed E-state index contributed by atoms with van der Waals surface area (Å²) in [7, 11) is 5.02.